The molecule has 190 valence electrons. The average molecular weight is 523 g/mol. The van der Waals surface area contributed by atoms with Crippen molar-refractivity contribution in [1.29, 1.82) is 0 Å². The van der Waals surface area contributed by atoms with Gasteiger partial charge in [-0.3, -0.25) is 9.69 Å². The predicted molar refractivity (Wildman–Crippen MR) is 153 cm³/mol. The molecule has 38 heavy (non-hydrogen) atoms. The van der Waals surface area contributed by atoms with Gasteiger partial charge in [0.05, 0.1) is 22.8 Å². The summed E-state index contributed by atoms with van der Waals surface area (Å²) in [5.41, 5.74) is 2.88. The van der Waals surface area contributed by atoms with Crippen LogP contribution in [-0.2, 0) is 16.1 Å². The summed E-state index contributed by atoms with van der Waals surface area (Å²) >= 11 is 1.29. The van der Waals surface area contributed by atoms with E-state index in [1.54, 1.807) is 38.2 Å². The molecule has 0 bridgehead atoms. The lowest BCUT2D eigenvalue weighted by atomic mass is 10.0. The van der Waals surface area contributed by atoms with Crippen molar-refractivity contribution in [3.63, 3.8) is 0 Å². The van der Waals surface area contributed by atoms with E-state index in [0.29, 0.717) is 40.3 Å². The van der Waals surface area contributed by atoms with Crippen molar-refractivity contribution in [3.8, 4) is 5.75 Å². The highest BCUT2D eigenvalue weighted by molar-refractivity contribution is 8.18. The van der Waals surface area contributed by atoms with Crippen LogP contribution in [0.3, 0.4) is 0 Å². The molecule has 0 spiro atoms. The van der Waals surface area contributed by atoms with Gasteiger partial charge in [0.15, 0.2) is 5.17 Å². The number of carbonyl (C=O) groups excluding carboxylic acids is 2. The first-order valence-corrected chi connectivity index (χ1v) is 13.1. The lowest BCUT2D eigenvalue weighted by Crippen LogP contribution is -2.23. The van der Waals surface area contributed by atoms with Gasteiger partial charge in [-0.2, -0.15) is 0 Å². The number of rotatable bonds is 7. The maximum absolute atomic E-state index is 13.2. The Morgan fingerprint density at radius 3 is 2.58 bits per heavy atom. The lowest BCUT2D eigenvalue weighted by molar-refractivity contribution is -0.121. The van der Waals surface area contributed by atoms with E-state index in [2.05, 4.69) is 4.99 Å². The maximum atomic E-state index is 13.2. The van der Waals surface area contributed by atoms with E-state index in [0.717, 1.165) is 21.9 Å². The smallest absolute Gasteiger partial charge is 0.338 e. The van der Waals surface area contributed by atoms with Gasteiger partial charge in [-0.1, -0.05) is 66.7 Å². The van der Waals surface area contributed by atoms with Crippen LogP contribution in [0, 0.1) is 0 Å². The molecule has 7 heteroatoms. The van der Waals surface area contributed by atoms with E-state index >= 15 is 0 Å². The highest BCUT2D eigenvalue weighted by atomic mass is 32.2. The third-order valence-corrected chi connectivity index (χ3v) is 7.09. The third-order valence-electron chi connectivity index (χ3n) is 6.03. The van der Waals surface area contributed by atoms with E-state index in [-0.39, 0.29) is 5.91 Å². The minimum atomic E-state index is -0.405. The number of ether oxygens (including phenoxy) is 2. The third kappa shape index (κ3) is 5.48. The molecule has 1 amide bonds. The van der Waals surface area contributed by atoms with Crippen molar-refractivity contribution >= 4 is 51.3 Å². The van der Waals surface area contributed by atoms with Crippen LogP contribution in [-0.4, -0.2) is 35.6 Å². The van der Waals surface area contributed by atoms with Gasteiger partial charge in [-0.25, -0.2) is 9.79 Å². The SMILES string of the molecule is CCOC(=O)c1cccc(N=C2SC(=Cc3c(OCc4ccccc4)ccc4ccccc34)C(=O)N2C)c1. The Hall–Kier alpha value is -4.36. The Morgan fingerprint density at radius 2 is 1.76 bits per heavy atom. The topological polar surface area (TPSA) is 68.2 Å². The van der Waals surface area contributed by atoms with Crippen molar-refractivity contribution in [3.05, 3.63) is 113 Å². The number of nitrogens with zero attached hydrogens (tertiary/aromatic N) is 2. The zero-order chi connectivity index (χ0) is 26.5. The number of hydrogen-bond acceptors (Lipinski definition) is 6. The Labute approximate surface area is 225 Å². The molecule has 1 aliphatic heterocycles. The van der Waals surface area contributed by atoms with Gasteiger partial charge < -0.3 is 9.47 Å². The number of amidine groups is 1. The molecule has 0 unspecified atom stereocenters. The highest BCUT2D eigenvalue weighted by Crippen LogP contribution is 2.37. The number of fused-ring (bicyclic) bond motifs is 1. The van der Waals surface area contributed by atoms with Gasteiger partial charge in [-0.15, -0.1) is 0 Å². The van der Waals surface area contributed by atoms with Gasteiger partial charge in [-0.05, 0) is 65.4 Å². The van der Waals surface area contributed by atoms with Gasteiger partial charge in [0.25, 0.3) is 5.91 Å². The maximum Gasteiger partial charge on any atom is 0.338 e. The van der Waals surface area contributed by atoms with Crippen LogP contribution in [0.4, 0.5) is 5.69 Å². The Bertz CT molecular complexity index is 1560. The predicted octanol–water partition coefficient (Wildman–Crippen LogP) is 6.83. The Morgan fingerprint density at radius 1 is 0.974 bits per heavy atom. The molecule has 1 aliphatic rings. The van der Waals surface area contributed by atoms with E-state index in [4.69, 9.17) is 9.47 Å². The van der Waals surface area contributed by atoms with E-state index in [1.165, 1.54) is 16.7 Å². The Balaban J connectivity index is 1.48. The average Bonchev–Trinajstić information content (AvgIpc) is 3.21. The lowest BCUT2D eigenvalue weighted by Gasteiger charge is -2.13. The van der Waals surface area contributed by atoms with Crippen LogP contribution >= 0.6 is 11.8 Å². The summed E-state index contributed by atoms with van der Waals surface area (Å²) in [7, 11) is 1.69. The normalized spacial score (nSPS) is 15.4. The number of carbonyl (C=O) groups is 2. The van der Waals surface area contributed by atoms with Crippen molar-refractivity contribution in [2.24, 2.45) is 4.99 Å². The number of benzene rings is 4. The van der Waals surface area contributed by atoms with Gasteiger partial charge >= 0.3 is 5.97 Å². The van der Waals surface area contributed by atoms with Crippen molar-refractivity contribution in [2.75, 3.05) is 13.7 Å². The molecule has 0 aliphatic carbocycles. The second-order valence-electron chi connectivity index (χ2n) is 8.61. The summed E-state index contributed by atoms with van der Waals surface area (Å²) in [6.07, 6.45) is 1.88. The molecular weight excluding hydrogens is 496 g/mol. The summed E-state index contributed by atoms with van der Waals surface area (Å²) in [6.45, 7) is 2.48. The molecule has 0 atom stereocenters. The van der Waals surface area contributed by atoms with Crippen molar-refractivity contribution in [1.82, 2.24) is 4.90 Å². The van der Waals surface area contributed by atoms with E-state index in [1.807, 2.05) is 72.8 Å². The molecule has 0 N–H and O–H groups in total. The summed E-state index contributed by atoms with van der Waals surface area (Å²) in [4.78, 5) is 32.1. The fourth-order valence-electron chi connectivity index (χ4n) is 4.10. The fourth-order valence-corrected chi connectivity index (χ4v) is 5.06. The van der Waals surface area contributed by atoms with Crippen molar-refractivity contribution < 1.29 is 19.1 Å². The largest absolute Gasteiger partial charge is 0.488 e. The quantitative estimate of drug-likeness (QED) is 0.197. The summed E-state index contributed by atoms with van der Waals surface area (Å²) in [6, 6.07) is 28.8. The molecule has 4 aromatic rings. The number of hydrogen-bond donors (Lipinski definition) is 0. The van der Waals surface area contributed by atoms with Gasteiger partial charge in [0, 0.05) is 12.6 Å². The van der Waals surface area contributed by atoms with Crippen LogP contribution in [0.2, 0.25) is 0 Å². The number of thioether (sulfide) groups is 1. The molecule has 1 heterocycles. The van der Waals surface area contributed by atoms with Gasteiger partial charge in [0.2, 0.25) is 0 Å². The molecule has 6 nitrogen and oxygen atoms in total. The summed E-state index contributed by atoms with van der Waals surface area (Å²) in [5.74, 6) is 0.138. The fraction of sp³-hybridized carbons (Fsp3) is 0.129. The van der Waals surface area contributed by atoms with Crippen LogP contribution < -0.4 is 4.74 Å². The molecule has 1 fully saturated rings. The molecule has 0 aromatic heterocycles. The first-order valence-electron chi connectivity index (χ1n) is 12.3. The van der Waals surface area contributed by atoms with Gasteiger partial charge in [0.1, 0.15) is 12.4 Å². The molecule has 4 aromatic carbocycles. The first kappa shape index (κ1) is 25.3. The van der Waals surface area contributed by atoms with E-state index in [9.17, 15) is 9.59 Å². The minimum Gasteiger partial charge on any atom is -0.488 e. The first-order chi connectivity index (χ1) is 18.5. The van der Waals surface area contributed by atoms with Crippen LogP contribution in [0.25, 0.3) is 16.8 Å². The zero-order valence-electron chi connectivity index (χ0n) is 21.1. The van der Waals surface area contributed by atoms with Crippen LogP contribution in [0.1, 0.15) is 28.4 Å². The molecule has 0 saturated carbocycles. The number of likely N-dealkylation sites (N-methyl/N-ethyl adjacent to an activating group) is 1. The number of amides is 1. The molecular formula is C31H26N2O4S. The minimum absolute atomic E-state index is 0.155. The number of esters is 1. The molecule has 1 saturated heterocycles. The standard InChI is InChI=1S/C31H26N2O4S/c1-3-36-30(35)23-13-9-14-24(18-23)32-31-33(2)29(34)28(38-31)19-26-25-15-8-7-12-22(25)16-17-27(26)37-20-21-10-5-4-6-11-21/h4-19H,3,20H2,1-2H3. The number of aliphatic imine (C=N–C) groups is 1. The van der Waals surface area contributed by atoms with Crippen molar-refractivity contribution in [2.45, 2.75) is 13.5 Å². The highest BCUT2D eigenvalue weighted by Gasteiger charge is 2.31. The Kier molecular flexibility index (Phi) is 7.56. The zero-order valence-corrected chi connectivity index (χ0v) is 21.9. The molecule has 5 rings (SSSR count). The second-order valence-corrected chi connectivity index (χ2v) is 9.62. The van der Waals surface area contributed by atoms with Crippen LogP contribution in [0.15, 0.2) is 101 Å². The van der Waals surface area contributed by atoms with Crippen LogP contribution in [0.5, 0.6) is 5.75 Å². The van der Waals surface area contributed by atoms with E-state index < -0.39 is 5.97 Å². The summed E-state index contributed by atoms with van der Waals surface area (Å²) in [5, 5.41) is 2.57. The molecule has 0 radical (unpaired) electrons. The monoisotopic (exact) mass is 522 g/mol. The second kappa shape index (κ2) is 11.4. The summed E-state index contributed by atoms with van der Waals surface area (Å²) < 4.78 is 11.3.